The van der Waals surface area contributed by atoms with E-state index in [-0.39, 0.29) is 16.0 Å². The number of amides is 1. The van der Waals surface area contributed by atoms with Crippen LogP contribution in [-0.2, 0) is 0 Å². The molecule has 2 aromatic rings. The number of anilines is 1. The first-order valence-corrected chi connectivity index (χ1v) is 6.71. The highest BCUT2D eigenvalue weighted by molar-refractivity contribution is 9.10. The average molecular weight is 360 g/mol. The SMILES string of the molecule is NC(=S)c1ccc(Br)cc1NC(=O)c1ccc(Cl)o1. The molecule has 0 spiro atoms. The van der Waals surface area contributed by atoms with Gasteiger partial charge >= 0.3 is 0 Å². The lowest BCUT2D eigenvalue weighted by molar-refractivity contribution is 0.0997. The number of carbonyl (C=O) groups excluding carboxylic acids is 1. The van der Waals surface area contributed by atoms with Crippen LogP contribution in [0.2, 0.25) is 5.22 Å². The Balaban J connectivity index is 2.30. The van der Waals surface area contributed by atoms with Crippen LogP contribution in [0.15, 0.2) is 39.2 Å². The molecule has 4 nitrogen and oxygen atoms in total. The maximum absolute atomic E-state index is 12.0. The Bertz CT molecular complexity index is 657. The molecule has 1 amide bonds. The van der Waals surface area contributed by atoms with Gasteiger partial charge in [-0.15, -0.1) is 0 Å². The van der Waals surface area contributed by atoms with Crippen LogP contribution >= 0.6 is 39.7 Å². The first-order chi connectivity index (χ1) is 8.97. The van der Waals surface area contributed by atoms with Crippen molar-refractivity contribution in [2.75, 3.05) is 5.32 Å². The predicted octanol–water partition coefficient (Wildman–Crippen LogP) is 3.58. The van der Waals surface area contributed by atoms with Crippen molar-refractivity contribution in [3.8, 4) is 0 Å². The highest BCUT2D eigenvalue weighted by atomic mass is 79.9. The topological polar surface area (TPSA) is 68.3 Å². The summed E-state index contributed by atoms with van der Waals surface area (Å²) in [5, 5.41) is 2.82. The number of nitrogens with two attached hydrogens (primary N) is 1. The predicted molar refractivity (Wildman–Crippen MR) is 81.7 cm³/mol. The van der Waals surface area contributed by atoms with Crippen molar-refractivity contribution in [1.29, 1.82) is 0 Å². The van der Waals surface area contributed by atoms with Crippen molar-refractivity contribution < 1.29 is 9.21 Å². The molecule has 0 unspecified atom stereocenters. The summed E-state index contributed by atoms with van der Waals surface area (Å²) in [5.74, 6) is -0.318. The minimum absolute atomic E-state index is 0.110. The molecule has 0 aliphatic heterocycles. The lowest BCUT2D eigenvalue weighted by Gasteiger charge is -2.09. The van der Waals surface area contributed by atoms with Crippen LogP contribution in [0.3, 0.4) is 0 Å². The van der Waals surface area contributed by atoms with E-state index in [1.165, 1.54) is 12.1 Å². The lowest BCUT2D eigenvalue weighted by Crippen LogP contribution is -2.17. The number of nitrogens with one attached hydrogen (secondary N) is 1. The van der Waals surface area contributed by atoms with Gasteiger partial charge < -0.3 is 15.5 Å². The molecule has 0 bridgehead atoms. The Labute approximate surface area is 128 Å². The zero-order valence-electron chi connectivity index (χ0n) is 9.44. The van der Waals surface area contributed by atoms with E-state index >= 15 is 0 Å². The van der Waals surface area contributed by atoms with Crippen molar-refractivity contribution in [2.24, 2.45) is 5.73 Å². The highest BCUT2D eigenvalue weighted by Gasteiger charge is 2.14. The van der Waals surface area contributed by atoms with Crippen LogP contribution in [0.4, 0.5) is 5.69 Å². The zero-order chi connectivity index (χ0) is 14.0. The maximum Gasteiger partial charge on any atom is 0.291 e. The zero-order valence-corrected chi connectivity index (χ0v) is 12.6. The van der Waals surface area contributed by atoms with Gasteiger partial charge in [0.25, 0.3) is 5.91 Å². The number of thiocarbonyl (C=S) groups is 1. The Kier molecular flexibility index (Phi) is 4.24. The Morgan fingerprint density at radius 1 is 1.37 bits per heavy atom. The van der Waals surface area contributed by atoms with Gasteiger partial charge in [-0.2, -0.15) is 0 Å². The molecule has 0 fully saturated rings. The first kappa shape index (κ1) is 14.0. The molecule has 0 radical (unpaired) electrons. The molecule has 0 atom stereocenters. The number of furan rings is 1. The van der Waals surface area contributed by atoms with Crippen LogP contribution < -0.4 is 11.1 Å². The summed E-state index contributed by atoms with van der Waals surface area (Å²) < 4.78 is 5.82. The van der Waals surface area contributed by atoms with Crippen LogP contribution in [0.1, 0.15) is 16.1 Å². The monoisotopic (exact) mass is 358 g/mol. The molecule has 2 rings (SSSR count). The summed E-state index contributed by atoms with van der Waals surface area (Å²) in [4.78, 5) is 12.1. The quantitative estimate of drug-likeness (QED) is 0.822. The standard InChI is InChI=1S/C12H8BrClN2O2S/c13-6-1-2-7(11(15)19)8(5-6)16-12(17)9-3-4-10(14)18-9/h1-5H,(H2,15,19)(H,16,17). The molecule has 3 N–H and O–H groups in total. The third-order valence-corrected chi connectivity index (χ3v) is 3.21. The highest BCUT2D eigenvalue weighted by Crippen LogP contribution is 2.23. The molecular formula is C12H8BrClN2O2S. The van der Waals surface area contributed by atoms with Crippen LogP contribution in [0, 0.1) is 0 Å². The molecule has 1 heterocycles. The summed E-state index contributed by atoms with van der Waals surface area (Å²) in [6, 6.07) is 8.18. The Hall–Kier alpha value is -1.37. The number of halogens is 2. The Morgan fingerprint density at radius 2 is 2.11 bits per heavy atom. The molecule has 19 heavy (non-hydrogen) atoms. The van der Waals surface area contributed by atoms with Gasteiger partial charge in [-0.1, -0.05) is 28.1 Å². The second kappa shape index (κ2) is 5.73. The summed E-state index contributed by atoms with van der Waals surface area (Å²) in [7, 11) is 0. The fourth-order valence-electron chi connectivity index (χ4n) is 1.45. The maximum atomic E-state index is 12.0. The molecule has 1 aromatic heterocycles. The minimum atomic E-state index is -0.428. The van der Waals surface area contributed by atoms with E-state index in [0.29, 0.717) is 11.3 Å². The Morgan fingerprint density at radius 3 is 2.68 bits per heavy atom. The number of hydrogen-bond donors (Lipinski definition) is 2. The van der Waals surface area contributed by atoms with Crippen molar-refractivity contribution in [3.63, 3.8) is 0 Å². The van der Waals surface area contributed by atoms with Gasteiger partial charge in [0.2, 0.25) is 0 Å². The number of rotatable bonds is 3. The third kappa shape index (κ3) is 3.34. The summed E-state index contributed by atoms with van der Waals surface area (Å²) in [6.07, 6.45) is 0. The van der Waals surface area contributed by atoms with E-state index in [9.17, 15) is 4.79 Å². The van der Waals surface area contributed by atoms with Gasteiger partial charge in [-0.05, 0) is 41.9 Å². The molecule has 98 valence electrons. The van der Waals surface area contributed by atoms with Crippen molar-refractivity contribution in [2.45, 2.75) is 0 Å². The van der Waals surface area contributed by atoms with E-state index in [4.69, 9.17) is 34.0 Å². The molecular weight excluding hydrogens is 352 g/mol. The fourth-order valence-corrected chi connectivity index (χ4v) is 2.14. The molecule has 1 aromatic carbocycles. The van der Waals surface area contributed by atoms with Crippen LogP contribution in [0.25, 0.3) is 0 Å². The largest absolute Gasteiger partial charge is 0.440 e. The molecule has 0 saturated carbocycles. The summed E-state index contributed by atoms with van der Waals surface area (Å²) >= 11 is 13.9. The fraction of sp³-hybridized carbons (Fsp3) is 0. The number of carbonyl (C=O) groups is 1. The smallest absolute Gasteiger partial charge is 0.291 e. The van der Waals surface area contributed by atoms with Crippen LogP contribution in [-0.4, -0.2) is 10.9 Å². The second-order valence-corrected chi connectivity index (χ2v) is 5.34. The second-order valence-electron chi connectivity index (χ2n) is 3.61. The summed E-state index contributed by atoms with van der Waals surface area (Å²) in [5.41, 5.74) is 6.68. The van der Waals surface area contributed by atoms with Gasteiger partial charge in [0.15, 0.2) is 11.0 Å². The van der Waals surface area contributed by atoms with Crippen LogP contribution in [0.5, 0.6) is 0 Å². The normalized spacial score (nSPS) is 10.2. The van der Waals surface area contributed by atoms with Crippen molar-refractivity contribution in [3.05, 3.63) is 51.3 Å². The number of hydrogen-bond acceptors (Lipinski definition) is 3. The minimum Gasteiger partial charge on any atom is -0.440 e. The average Bonchev–Trinajstić information content (AvgIpc) is 2.75. The van der Waals surface area contributed by atoms with E-state index in [1.807, 2.05) is 0 Å². The van der Waals surface area contributed by atoms with Gasteiger partial charge in [0.05, 0.1) is 5.69 Å². The lowest BCUT2D eigenvalue weighted by atomic mass is 10.1. The summed E-state index contributed by atoms with van der Waals surface area (Å²) in [6.45, 7) is 0. The number of benzene rings is 1. The van der Waals surface area contributed by atoms with Crippen molar-refractivity contribution >= 4 is 56.3 Å². The molecule has 7 heteroatoms. The molecule has 0 aliphatic carbocycles. The van der Waals surface area contributed by atoms with Gasteiger partial charge in [0.1, 0.15) is 4.99 Å². The van der Waals surface area contributed by atoms with Gasteiger partial charge in [-0.25, -0.2) is 0 Å². The first-order valence-electron chi connectivity index (χ1n) is 5.13. The van der Waals surface area contributed by atoms with Crippen molar-refractivity contribution in [1.82, 2.24) is 0 Å². The van der Waals surface area contributed by atoms with Gasteiger partial charge in [0, 0.05) is 10.0 Å². The van der Waals surface area contributed by atoms with E-state index in [2.05, 4.69) is 21.2 Å². The molecule has 0 saturated heterocycles. The third-order valence-electron chi connectivity index (χ3n) is 2.29. The van der Waals surface area contributed by atoms with E-state index in [0.717, 1.165) is 4.47 Å². The molecule has 0 aliphatic rings. The van der Waals surface area contributed by atoms with E-state index in [1.54, 1.807) is 18.2 Å². The van der Waals surface area contributed by atoms with E-state index < -0.39 is 5.91 Å². The van der Waals surface area contributed by atoms with Gasteiger partial charge in [-0.3, -0.25) is 4.79 Å².